The Morgan fingerprint density at radius 3 is 2.57 bits per heavy atom. The van der Waals surface area contributed by atoms with Crippen LogP contribution in [0.25, 0.3) is 0 Å². The molecule has 0 bridgehead atoms. The summed E-state index contributed by atoms with van der Waals surface area (Å²) in [6.45, 7) is 12.0. The molecule has 2 heteroatoms. The molecule has 84 valence electrons. The van der Waals surface area contributed by atoms with Crippen LogP contribution in [0.2, 0.25) is 0 Å². The van der Waals surface area contributed by atoms with E-state index in [1.54, 1.807) is 0 Å². The number of nitrogens with zero attached hydrogens (tertiary/aromatic N) is 1. The summed E-state index contributed by atoms with van der Waals surface area (Å²) < 4.78 is 5.44. The summed E-state index contributed by atoms with van der Waals surface area (Å²) in [4.78, 5) is 2.61. The Morgan fingerprint density at radius 1 is 1.36 bits per heavy atom. The van der Waals surface area contributed by atoms with Crippen LogP contribution in [-0.2, 0) is 4.74 Å². The summed E-state index contributed by atoms with van der Waals surface area (Å²) in [6.07, 6.45) is 3.91. The van der Waals surface area contributed by atoms with Crippen molar-refractivity contribution in [2.24, 2.45) is 0 Å². The van der Waals surface area contributed by atoms with Gasteiger partial charge in [-0.15, -0.1) is 0 Å². The minimum absolute atomic E-state index is 0.439. The van der Waals surface area contributed by atoms with E-state index < -0.39 is 0 Å². The molecule has 0 saturated carbocycles. The van der Waals surface area contributed by atoms with Crippen molar-refractivity contribution in [2.45, 2.75) is 58.5 Å². The molecule has 2 heterocycles. The molecule has 1 atom stereocenters. The van der Waals surface area contributed by atoms with Gasteiger partial charge in [0.15, 0.2) is 0 Å². The first-order chi connectivity index (χ1) is 6.61. The summed E-state index contributed by atoms with van der Waals surface area (Å²) in [5.74, 6) is 0. The van der Waals surface area contributed by atoms with Crippen molar-refractivity contribution in [2.75, 3.05) is 19.8 Å². The van der Waals surface area contributed by atoms with E-state index in [1.807, 2.05) is 0 Å². The third kappa shape index (κ3) is 2.71. The molecule has 2 nitrogen and oxygen atoms in total. The third-order valence-corrected chi connectivity index (χ3v) is 3.09. The molecule has 0 aromatic carbocycles. The molecule has 1 unspecified atom stereocenters. The summed E-state index contributed by atoms with van der Waals surface area (Å²) in [5, 5.41) is 0. The second kappa shape index (κ2) is 5.13. The number of morpholine rings is 1. The second-order valence-corrected chi connectivity index (χ2v) is 4.98. The molecule has 2 aliphatic heterocycles. The molecule has 0 radical (unpaired) electrons. The summed E-state index contributed by atoms with van der Waals surface area (Å²) in [7, 11) is 0. The minimum atomic E-state index is 0.439. The van der Waals surface area contributed by atoms with E-state index in [0.29, 0.717) is 5.54 Å². The lowest BCUT2D eigenvalue weighted by Gasteiger charge is -2.38. The first-order valence-corrected chi connectivity index (χ1v) is 5.96. The molecule has 14 heavy (non-hydrogen) atoms. The zero-order valence-electron chi connectivity index (χ0n) is 10.2. The fraction of sp³-hybridized carbons (Fsp3) is 1.00. The lowest BCUT2D eigenvalue weighted by molar-refractivity contribution is -0.0217. The van der Waals surface area contributed by atoms with Gasteiger partial charge in [-0.3, -0.25) is 4.90 Å². The standard InChI is InChI=1S/C9H17NO.C3H8/c1-9(2)4-3-8-7-11-6-5-10(8)9;1-3-2/h8H,3-7H2,1-2H3;3H2,1-2H3. The van der Waals surface area contributed by atoms with E-state index in [1.165, 1.54) is 19.3 Å². The summed E-state index contributed by atoms with van der Waals surface area (Å²) in [5.41, 5.74) is 0.439. The predicted molar refractivity (Wildman–Crippen MR) is 60.6 cm³/mol. The molecular formula is C12H25NO. The Labute approximate surface area is 88.6 Å². The Balaban J connectivity index is 0.000000293. The van der Waals surface area contributed by atoms with Crippen molar-refractivity contribution in [1.82, 2.24) is 4.90 Å². The topological polar surface area (TPSA) is 12.5 Å². The van der Waals surface area contributed by atoms with E-state index in [0.717, 1.165) is 25.8 Å². The van der Waals surface area contributed by atoms with Gasteiger partial charge in [0.2, 0.25) is 0 Å². The van der Waals surface area contributed by atoms with Gasteiger partial charge >= 0.3 is 0 Å². The monoisotopic (exact) mass is 199 g/mol. The largest absolute Gasteiger partial charge is 0.378 e. The van der Waals surface area contributed by atoms with Crippen LogP contribution < -0.4 is 0 Å². The molecule has 2 fully saturated rings. The highest BCUT2D eigenvalue weighted by Crippen LogP contribution is 2.34. The van der Waals surface area contributed by atoms with Gasteiger partial charge in [0.25, 0.3) is 0 Å². The van der Waals surface area contributed by atoms with Crippen molar-refractivity contribution in [3.8, 4) is 0 Å². The van der Waals surface area contributed by atoms with Gasteiger partial charge < -0.3 is 4.74 Å². The lowest BCUT2D eigenvalue weighted by Crippen LogP contribution is -2.49. The van der Waals surface area contributed by atoms with Gasteiger partial charge in [-0.1, -0.05) is 20.3 Å². The van der Waals surface area contributed by atoms with Crippen LogP contribution in [0.4, 0.5) is 0 Å². The van der Waals surface area contributed by atoms with E-state index in [2.05, 4.69) is 32.6 Å². The van der Waals surface area contributed by atoms with Crippen molar-refractivity contribution < 1.29 is 4.74 Å². The average Bonchev–Trinajstić information content (AvgIpc) is 2.45. The molecule has 0 N–H and O–H groups in total. The maximum absolute atomic E-state index is 5.44. The van der Waals surface area contributed by atoms with Crippen molar-refractivity contribution in [3.63, 3.8) is 0 Å². The van der Waals surface area contributed by atoms with Crippen LogP contribution >= 0.6 is 0 Å². The van der Waals surface area contributed by atoms with Gasteiger partial charge in [0.05, 0.1) is 13.2 Å². The smallest absolute Gasteiger partial charge is 0.0622 e. The predicted octanol–water partition coefficient (Wildman–Crippen LogP) is 2.68. The molecule has 0 aromatic heterocycles. The van der Waals surface area contributed by atoms with Crippen LogP contribution in [0.5, 0.6) is 0 Å². The highest BCUT2D eigenvalue weighted by Gasteiger charge is 2.40. The highest BCUT2D eigenvalue weighted by atomic mass is 16.5. The van der Waals surface area contributed by atoms with Gasteiger partial charge in [-0.25, -0.2) is 0 Å². The summed E-state index contributed by atoms with van der Waals surface area (Å²) >= 11 is 0. The number of rotatable bonds is 0. The lowest BCUT2D eigenvalue weighted by atomic mass is 10.0. The number of ether oxygens (including phenoxy) is 1. The van der Waals surface area contributed by atoms with Crippen LogP contribution in [0.1, 0.15) is 47.0 Å². The van der Waals surface area contributed by atoms with Gasteiger partial charge in [0.1, 0.15) is 0 Å². The van der Waals surface area contributed by atoms with E-state index in [9.17, 15) is 0 Å². The van der Waals surface area contributed by atoms with Crippen LogP contribution in [0, 0.1) is 0 Å². The quantitative estimate of drug-likeness (QED) is 0.595. The van der Waals surface area contributed by atoms with Crippen LogP contribution in [-0.4, -0.2) is 36.2 Å². The molecule has 2 saturated heterocycles. The summed E-state index contributed by atoms with van der Waals surface area (Å²) in [6, 6.07) is 0.721. The minimum Gasteiger partial charge on any atom is -0.378 e. The van der Waals surface area contributed by atoms with Crippen molar-refractivity contribution in [1.29, 1.82) is 0 Å². The van der Waals surface area contributed by atoms with E-state index in [4.69, 9.17) is 4.74 Å². The van der Waals surface area contributed by atoms with Gasteiger partial charge in [-0.2, -0.15) is 0 Å². The maximum Gasteiger partial charge on any atom is 0.0622 e. The molecule has 0 spiro atoms. The molecule has 0 aliphatic carbocycles. The van der Waals surface area contributed by atoms with E-state index in [-0.39, 0.29) is 0 Å². The average molecular weight is 199 g/mol. The van der Waals surface area contributed by atoms with Crippen molar-refractivity contribution >= 4 is 0 Å². The van der Waals surface area contributed by atoms with Crippen LogP contribution in [0.3, 0.4) is 0 Å². The maximum atomic E-state index is 5.44. The Morgan fingerprint density at radius 2 is 2.00 bits per heavy atom. The molecule has 2 rings (SSSR count). The Kier molecular flexibility index (Phi) is 4.39. The number of fused-ring (bicyclic) bond motifs is 1. The SMILES string of the molecule is CC1(C)CCC2COCCN21.CCC. The van der Waals surface area contributed by atoms with Crippen LogP contribution in [0.15, 0.2) is 0 Å². The number of hydrogen-bond donors (Lipinski definition) is 0. The highest BCUT2D eigenvalue weighted by molar-refractivity contribution is 4.95. The fourth-order valence-corrected chi connectivity index (χ4v) is 2.35. The molecule has 0 aromatic rings. The molecule has 0 amide bonds. The molecular weight excluding hydrogens is 174 g/mol. The fourth-order valence-electron chi connectivity index (χ4n) is 2.35. The third-order valence-electron chi connectivity index (χ3n) is 3.09. The van der Waals surface area contributed by atoms with E-state index >= 15 is 0 Å². The first kappa shape index (κ1) is 12.0. The Hall–Kier alpha value is -0.0800. The Bertz CT molecular complexity index is 168. The number of hydrogen-bond acceptors (Lipinski definition) is 2. The van der Waals surface area contributed by atoms with Crippen molar-refractivity contribution in [3.05, 3.63) is 0 Å². The first-order valence-electron chi connectivity index (χ1n) is 5.96. The second-order valence-electron chi connectivity index (χ2n) is 4.98. The molecule has 2 aliphatic rings. The zero-order chi connectivity index (χ0) is 10.6. The normalized spacial score (nSPS) is 30.4. The zero-order valence-corrected chi connectivity index (χ0v) is 10.2. The van der Waals surface area contributed by atoms with Gasteiger partial charge in [0, 0.05) is 18.1 Å². The van der Waals surface area contributed by atoms with Gasteiger partial charge in [-0.05, 0) is 26.7 Å².